The molecule has 1 saturated heterocycles. The largest absolute Gasteiger partial charge is 0.339 e. The van der Waals surface area contributed by atoms with Crippen molar-refractivity contribution < 1.29 is 4.79 Å². The molecule has 1 amide bonds. The van der Waals surface area contributed by atoms with E-state index in [0.29, 0.717) is 5.91 Å². The average Bonchev–Trinajstić information content (AvgIpc) is 3.14. The van der Waals surface area contributed by atoms with Gasteiger partial charge in [-0.05, 0) is 36.3 Å². The first-order chi connectivity index (χ1) is 12.3. The van der Waals surface area contributed by atoms with Crippen molar-refractivity contribution in [3.05, 3.63) is 58.3 Å². The molecule has 0 atom stereocenters. The first-order valence-electron chi connectivity index (χ1n) is 9.38. The second-order valence-corrected chi connectivity index (χ2v) is 8.30. The van der Waals surface area contributed by atoms with Gasteiger partial charge >= 0.3 is 0 Å². The lowest BCUT2D eigenvalue weighted by molar-refractivity contribution is -0.142. The number of nitrogens with zero attached hydrogens (tertiary/aromatic N) is 2. The summed E-state index contributed by atoms with van der Waals surface area (Å²) in [6.45, 7) is 4.85. The lowest BCUT2D eigenvalue weighted by Crippen LogP contribution is -2.56. The van der Waals surface area contributed by atoms with E-state index in [2.05, 4.69) is 51.6 Å². The summed E-state index contributed by atoms with van der Waals surface area (Å²) < 4.78 is 0. The van der Waals surface area contributed by atoms with Gasteiger partial charge in [-0.3, -0.25) is 9.69 Å². The summed E-state index contributed by atoms with van der Waals surface area (Å²) in [7, 11) is 0. The van der Waals surface area contributed by atoms with Crippen LogP contribution in [0.4, 0.5) is 0 Å². The topological polar surface area (TPSA) is 23.6 Å². The average molecular weight is 355 g/mol. The number of piperazine rings is 1. The number of thiophene rings is 1. The van der Waals surface area contributed by atoms with E-state index in [9.17, 15) is 4.79 Å². The van der Waals surface area contributed by atoms with Gasteiger partial charge in [-0.25, -0.2) is 0 Å². The molecule has 132 valence electrons. The summed E-state index contributed by atoms with van der Waals surface area (Å²) in [6.07, 6.45) is 4.31. The number of hydrogen-bond donors (Lipinski definition) is 0. The highest BCUT2D eigenvalue weighted by Crippen LogP contribution is 2.45. The fraction of sp³-hybridized carbons (Fsp3) is 0.476. The third kappa shape index (κ3) is 3.38. The molecular weight excluding hydrogens is 328 g/mol. The molecule has 25 heavy (non-hydrogen) atoms. The molecule has 3 nitrogen and oxygen atoms in total. The summed E-state index contributed by atoms with van der Waals surface area (Å²) in [5.74, 6) is 0.364. The molecule has 1 aliphatic heterocycles. The summed E-state index contributed by atoms with van der Waals surface area (Å²) in [5, 5.41) is 2.15. The van der Waals surface area contributed by atoms with Gasteiger partial charge in [-0.1, -0.05) is 42.8 Å². The van der Waals surface area contributed by atoms with E-state index >= 15 is 0 Å². The van der Waals surface area contributed by atoms with Gasteiger partial charge in [0.2, 0.25) is 5.91 Å². The van der Waals surface area contributed by atoms with Gasteiger partial charge in [0.1, 0.15) is 0 Å². The highest BCUT2D eigenvalue weighted by Gasteiger charge is 2.47. The number of amides is 1. The standard InChI is InChI=1S/C21H26N2OS/c24-20(21(10-5-11-21)18-6-2-1-3-7-18)23-15-13-22(14-16-23)12-9-19-8-4-17-25-19/h1-4,6-8,17H,5,9-16H2. The maximum atomic E-state index is 13.3. The van der Waals surface area contributed by atoms with Gasteiger partial charge < -0.3 is 4.90 Å². The Morgan fingerprint density at radius 2 is 1.76 bits per heavy atom. The molecule has 0 spiro atoms. The van der Waals surface area contributed by atoms with Crippen LogP contribution in [0, 0.1) is 0 Å². The van der Waals surface area contributed by atoms with Crippen molar-refractivity contribution >= 4 is 17.2 Å². The SMILES string of the molecule is O=C(N1CCN(CCc2cccs2)CC1)C1(c2ccccc2)CCC1. The maximum absolute atomic E-state index is 13.3. The van der Waals surface area contributed by atoms with Gasteiger partial charge in [-0.15, -0.1) is 11.3 Å². The minimum atomic E-state index is -0.236. The number of rotatable bonds is 5. The molecule has 2 aromatic rings. The van der Waals surface area contributed by atoms with E-state index in [1.54, 1.807) is 0 Å². The normalized spacial score (nSPS) is 20.2. The molecule has 0 radical (unpaired) electrons. The Labute approximate surface area is 154 Å². The molecule has 2 heterocycles. The first-order valence-corrected chi connectivity index (χ1v) is 10.3. The Balaban J connectivity index is 1.35. The van der Waals surface area contributed by atoms with E-state index in [1.807, 2.05) is 17.4 Å². The second-order valence-electron chi connectivity index (χ2n) is 7.26. The van der Waals surface area contributed by atoms with Crippen LogP contribution < -0.4 is 0 Å². The lowest BCUT2D eigenvalue weighted by atomic mass is 9.63. The van der Waals surface area contributed by atoms with E-state index in [1.165, 1.54) is 16.9 Å². The molecule has 4 heteroatoms. The zero-order valence-corrected chi connectivity index (χ0v) is 15.5. The van der Waals surface area contributed by atoms with Crippen molar-refractivity contribution in [1.82, 2.24) is 9.80 Å². The zero-order valence-electron chi connectivity index (χ0n) is 14.7. The molecule has 1 aliphatic carbocycles. The third-order valence-electron chi connectivity index (χ3n) is 5.86. The fourth-order valence-corrected chi connectivity index (χ4v) is 4.81. The van der Waals surface area contributed by atoms with Crippen LogP contribution in [-0.4, -0.2) is 48.4 Å². The molecule has 0 bridgehead atoms. The van der Waals surface area contributed by atoms with Crippen molar-refractivity contribution in [3.63, 3.8) is 0 Å². The van der Waals surface area contributed by atoms with Gasteiger partial charge in [0.25, 0.3) is 0 Å². The van der Waals surface area contributed by atoms with E-state index in [-0.39, 0.29) is 5.41 Å². The Hall–Kier alpha value is -1.65. The monoisotopic (exact) mass is 354 g/mol. The minimum Gasteiger partial charge on any atom is -0.339 e. The summed E-state index contributed by atoms with van der Waals surface area (Å²) in [4.78, 5) is 19.3. The number of carbonyl (C=O) groups is 1. The Morgan fingerprint density at radius 1 is 1.00 bits per heavy atom. The maximum Gasteiger partial charge on any atom is 0.233 e. The second kappa shape index (κ2) is 7.30. The Kier molecular flexibility index (Phi) is 4.91. The van der Waals surface area contributed by atoms with Crippen LogP contribution in [-0.2, 0) is 16.6 Å². The van der Waals surface area contributed by atoms with Crippen LogP contribution in [0.5, 0.6) is 0 Å². The van der Waals surface area contributed by atoms with Crippen LogP contribution in [0.3, 0.4) is 0 Å². The van der Waals surface area contributed by atoms with Crippen LogP contribution >= 0.6 is 11.3 Å². The summed E-state index contributed by atoms with van der Waals surface area (Å²) in [6, 6.07) is 14.8. The minimum absolute atomic E-state index is 0.236. The van der Waals surface area contributed by atoms with E-state index in [0.717, 1.165) is 52.0 Å². The van der Waals surface area contributed by atoms with Gasteiger partial charge in [0, 0.05) is 37.6 Å². The molecule has 1 aromatic carbocycles. The lowest BCUT2D eigenvalue weighted by Gasteiger charge is -2.46. The van der Waals surface area contributed by atoms with Crippen molar-refractivity contribution in [2.75, 3.05) is 32.7 Å². The van der Waals surface area contributed by atoms with Crippen molar-refractivity contribution in [2.24, 2.45) is 0 Å². The van der Waals surface area contributed by atoms with Crippen molar-refractivity contribution in [2.45, 2.75) is 31.1 Å². The zero-order chi connectivity index (χ0) is 17.1. The first kappa shape index (κ1) is 16.8. The fourth-order valence-electron chi connectivity index (χ4n) is 4.11. The van der Waals surface area contributed by atoms with Crippen molar-refractivity contribution in [1.29, 1.82) is 0 Å². The van der Waals surface area contributed by atoms with Gasteiger partial charge in [0.15, 0.2) is 0 Å². The highest BCUT2D eigenvalue weighted by molar-refractivity contribution is 7.09. The molecule has 4 rings (SSSR count). The number of carbonyl (C=O) groups excluding carboxylic acids is 1. The molecule has 1 saturated carbocycles. The molecule has 2 aliphatic rings. The Bertz CT molecular complexity index is 686. The third-order valence-corrected chi connectivity index (χ3v) is 6.79. The number of benzene rings is 1. The van der Waals surface area contributed by atoms with E-state index in [4.69, 9.17) is 0 Å². The van der Waals surface area contributed by atoms with Crippen molar-refractivity contribution in [3.8, 4) is 0 Å². The molecule has 0 unspecified atom stereocenters. The number of hydrogen-bond acceptors (Lipinski definition) is 3. The summed E-state index contributed by atoms with van der Waals surface area (Å²) in [5.41, 5.74) is 0.979. The Morgan fingerprint density at radius 3 is 2.36 bits per heavy atom. The van der Waals surface area contributed by atoms with Crippen LogP contribution in [0.15, 0.2) is 47.8 Å². The van der Waals surface area contributed by atoms with Crippen LogP contribution in [0.25, 0.3) is 0 Å². The predicted octanol–water partition coefficient (Wildman–Crippen LogP) is 3.56. The summed E-state index contributed by atoms with van der Waals surface area (Å²) >= 11 is 1.84. The smallest absolute Gasteiger partial charge is 0.233 e. The van der Waals surface area contributed by atoms with Gasteiger partial charge in [-0.2, -0.15) is 0 Å². The molecular formula is C21H26N2OS. The predicted molar refractivity (Wildman–Crippen MR) is 103 cm³/mol. The molecule has 2 fully saturated rings. The highest BCUT2D eigenvalue weighted by atomic mass is 32.1. The van der Waals surface area contributed by atoms with Crippen LogP contribution in [0.1, 0.15) is 29.7 Å². The molecule has 0 N–H and O–H groups in total. The van der Waals surface area contributed by atoms with E-state index < -0.39 is 0 Å². The van der Waals surface area contributed by atoms with Gasteiger partial charge in [0.05, 0.1) is 5.41 Å². The molecule has 1 aromatic heterocycles. The quantitative estimate of drug-likeness (QED) is 0.820. The van der Waals surface area contributed by atoms with Crippen LogP contribution in [0.2, 0.25) is 0 Å².